The smallest absolute Gasteiger partial charge is 0.0245 e. The van der Waals surface area contributed by atoms with Gasteiger partial charge in [-0.15, -0.1) is 0 Å². The minimum Gasteiger partial charge on any atom is -0.0880 e. The van der Waals surface area contributed by atoms with Gasteiger partial charge in [0.15, 0.2) is 0 Å². The van der Waals surface area contributed by atoms with Crippen molar-refractivity contribution < 1.29 is 0 Å². The number of allylic oxidation sites excluding steroid dienone is 1. The summed E-state index contributed by atoms with van der Waals surface area (Å²) < 4.78 is 0. The Hall–Kier alpha value is -0.560. The average molecular weight is 267 g/mol. The van der Waals surface area contributed by atoms with Gasteiger partial charge >= 0.3 is 0 Å². The predicted molar refractivity (Wildman–Crippen MR) is 72.7 cm³/mol. The maximum absolute atomic E-state index is 3.53. The molecular formula is C14H19Br. The molecule has 1 heteroatoms. The maximum Gasteiger partial charge on any atom is 0.0245 e. The summed E-state index contributed by atoms with van der Waals surface area (Å²) >= 11 is 3.53. The Morgan fingerprint density at radius 2 is 1.73 bits per heavy atom. The maximum atomic E-state index is 3.53. The van der Waals surface area contributed by atoms with Crippen molar-refractivity contribution >= 4 is 22.0 Å². The van der Waals surface area contributed by atoms with Gasteiger partial charge in [-0.3, -0.25) is 0 Å². The Morgan fingerprint density at radius 1 is 1.20 bits per heavy atom. The van der Waals surface area contributed by atoms with Crippen molar-refractivity contribution in [1.82, 2.24) is 0 Å². The topological polar surface area (TPSA) is 0 Å². The molecule has 0 aromatic heterocycles. The Morgan fingerprint density at radius 3 is 2.13 bits per heavy atom. The SMILES string of the molecule is CCC(=Cc1c(C)cc(C)cc1C)CBr. The van der Waals surface area contributed by atoms with Gasteiger partial charge in [0.1, 0.15) is 0 Å². The molecule has 0 heterocycles. The van der Waals surface area contributed by atoms with Crippen molar-refractivity contribution in [3.8, 4) is 0 Å². The number of hydrogen-bond donors (Lipinski definition) is 0. The molecule has 0 amide bonds. The van der Waals surface area contributed by atoms with E-state index in [2.05, 4.69) is 61.8 Å². The van der Waals surface area contributed by atoms with Gasteiger partial charge in [-0.1, -0.05) is 52.2 Å². The van der Waals surface area contributed by atoms with Crippen LogP contribution in [0.1, 0.15) is 35.6 Å². The predicted octanol–water partition coefficient (Wildman–Crippen LogP) is 4.80. The molecule has 1 aromatic rings. The molecule has 1 aromatic carbocycles. The molecule has 0 nitrogen and oxygen atoms in total. The Bertz CT molecular complexity index is 346. The normalized spacial score (nSPS) is 11.9. The van der Waals surface area contributed by atoms with E-state index in [0.29, 0.717) is 0 Å². The fraction of sp³-hybridized carbons (Fsp3) is 0.429. The second-order valence-corrected chi connectivity index (χ2v) is 4.66. The molecule has 0 unspecified atom stereocenters. The third-order valence-corrected chi connectivity index (χ3v) is 3.43. The summed E-state index contributed by atoms with van der Waals surface area (Å²) in [4.78, 5) is 0. The quantitative estimate of drug-likeness (QED) is 0.690. The molecule has 1 rings (SSSR count). The Labute approximate surface area is 102 Å². The summed E-state index contributed by atoms with van der Waals surface area (Å²) in [6.07, 6.45) is 3.43. The molecule has 0 N–H and O–H groups in total. The van der Waals surface area contributed by atoms with Crippen LogP contribution in [0.5, 0.6) is 0 Å². The van der Waals surface area contributed by atoms with Crippen LogP contribution < -0.4 is 0 Å². The highest BCUT2D eigenvalue weighted by molar-refractivity contribution is 9.09. The molecule has 0 radical (unpaired) electrons. The molecule has 0 saturated carbocycles. The van der Waals surface area contributed by atoms with Crippen molar-refractivity contribution in [3.05, 3.63) is 40.0 Å². The zero-order valence-electron chi connectivity index (χ0n) is 10.0. The van der Waals surface area contributed by atoms with E-state index < -0.39 is 0 Å². The van der Waals surface area contributed by atoms with Gasteiger partial charge in [-0.25, -0.2) is 0 Å². The van der Waals surface area contributed by atoms with Crippen LogP contribution in [-0.4, -0.2) is 5.33 Å². The van der Waals surface area contributed by atoms with E-state index in [1.165, 1.54) is 27.8 Å². The molecule has 82 valence electrons. The Balaban J connectivity index is 3.20. The lowest BCUT2D eigenvalue weighted by Gasteiger charge is -2.09. The first-order valence-corrected chi connectivity index (χ1v) is 6.53. The minimum atomic E-state index is 0.969. The van der Waals surface area contributed by atoms with Gasteiger partial charge in [0.25, 0.3) is 0 Å². The van der Waals surface area contributed by atoms with Crippen LogP contribution in [0, 0.1) is 20.8 Å². The standard InChI is InChI=1S/C14H19Br/c1-5-13(9-15)8-14-11(3)6-10(2)7-12(14)4/h6-8H,5,9H2,1-4H3. The fourth-order valence-corrected chi connectivity index (χ4v) is 2.42. The van der Waals surface area contributed by atoms with E-state index in [0.717, 1.165) is 11.8 Å². The van der Waals surface area contributed by atoms with Crippen molar-refractivity contribution in [2.75, 3.05) is 5.33 Å². The largest absolute Gasteiger partial charge is 0.0880 e. The molecular weight excluding hydrogens is 248 g/mol. The zero-order chi connectivity index (χ0) is 11.4. The summed E-state index contributed by atoms with van der Waals surface area (Å²) in [7, 11) is 0. The molecule has 0 saturated heterocycles. The molecule has 0 bridgehead atoms. The molecule has 0 atom stereocenters. The first-order valence-electron chi connectivity index (χ1n) is 5.41. The number of hydrogen-bond acceptors (Lipinski definition) is 0. The third kappa shape index (κ3) is 3.20. The van der Waals surface area contributed by atoms with Crippen molar-refractivity contribution in [2.24, 2.45) is 0 Å². The van der Waals surface area contributed by atoms with E-state index in [1.807, 2.05) is 0 Å². The van der Waals surface area contributed by atoms with Crippen LogP contribution in [0.2, 0.25) is 0 Å². The van der Waals surface area contributed by atoms with E-state index in [1.54, 1.807) is 0 Å². The molecule has 0 aliphatic heterocycles. The van der Waals surface area contributed by atoms with Crippen molar-refractivity contribution in [1.29, 1.82) is 0 Å². The van der Waals surface area contributed by atoms with Gasteiger partial charge in [-0.2, -0.15) is 0 Å². The van der Waals surface area contributed by atoms with E-state index in [4.69, 9.17) is 0 Å². The minimum absolute atomic E-state index is 0.969. The van der Waals surface area contributed by atoms with Gasteiger partial charge in [-0.05, 0) is 43.9 Å². The van der Waals surface area contributed by atoms with Crippen LogP contribution >= 0.6 is 15.9 Å². The van der Waals surface area contributed by atoms with Crippen LogP contribution in [0.3, 0.4) is 0 Å². The number of benzene rings is 1. The highest BCUT2D eigenvalue weighted by Crippen LogP contribution is 2.21. The van der Waals surface area contributed by atoms with Crippen molar-refractivity contribution in [3.63, 3.8) is 0 Å². The summed E-state index contributed by atoms with van der Waals surface area (Å²) in [5.41, 5.74) is 6.93. The van der Waals surface area contributed by atoms with E-state index in [-0.39, 0.29) is 0 Å². The lowest BCUT2D eigenvalue weighted by molar-refractivity contribution is 1.12. The van der Waals surface area contributed by atoms with Gasteiger partial charge in [0, 0.05) is 5.33 Å². The molecule has 0 fully saturated rings. The molecule has 0 spiro atoms. The lowest BCUT2D eigenvalue weighted by atomic mass is 9.97. The monoisotopic (exact) mass is 266 g/mol. The van der Waals surface area contributed by atoms with E-state index >= 15 is 0 Å². The first-order chi connectivity index (χ1) is 7.08. The summed E-state index contributed by atoms with van der Waals surface area (Å²) in [6.45, 7) is 8.73. The number of halogens is 1. The summed E-state index contributed by atoms with van der Waals surface area (Å²) in [6, 6.07) is 4.50. The van der Waals surface area contributed by atoms with Gasteiger partial charge in [0.05, 0.1) is 0 Å². The van der Waals surface area contributed by atoms with Crippen LogP contribution in [0.4, 0.5) is 0 Å². The second-order valence-electron chi connectivity index (χ2n) is 4.10. The molecule has 0 aliphatic carbocycles. The summed E-state index contributed by atoms with van der Waals surface area (Å²) in [5, 5.41) is 0.969. The number of alkyl halides is 1. The highest BCUT2D eigenvalue weighted by Gasteiger charge is 2.02. The van der Waals surface area contributed by atoms with Crippen molar-refractivity contribution in [2.45, 2.75) is 34.1 Å². The van der Waals surface area contributed by atoms with Gasteiger partial charge in [0.2, 0.25) is 0 Å². The fourth-order valence-electron chi connectivity index (χ4n) is 1.86. The zero-order valence-corrected chi connectivity index (χ0v) is 11.6. The van der Waals surface area contributed by atoms with Gasteiger partial charge < -0.3 is 0 Å². The van der Waals surface area contributed by atoms with Crippen LogP contribution in [0.25, 0.3) is 6.08 Å². The molecule has 15 heavy (non-hydrogen) atoms. The highest BCUT2D eigenvalue weighted by atomic mass is 79.9. The first kappa shape index (κ1) is 12.5. The lowest BCUT2D eigenvalue weighted by Crippen LogP contribution is -1.91. The average Bonchev–Trinajstić information content (AvgIpc) is 2.17. The summed E-state index contributed by atoms with van der Waals surface area (Å²) in [5.74, 6) is 0. The number of aryl methyl sites for hydroxylation is 3. The molecule has 0 aliphatic rings. The van der Waals surface area contributed by atoms with E-state index in [9.17, 15) is 0 Å². The number of rotatable bonds is 3. The van der Waals surface area contributed by atoms with Crippen LogP contribution in [-0.2, 0) is 0 Å². The van der Waals surface area contributed by atoms with Crippen LogP contribution in [0.15, 0.2) is 17.7 Å². The Kier molecular flexibility index (Phi) is 4.59. The third-order valence-electron chi connectivity index (χ3n) is 2.71. The second kappa shape index (κ2) is 5.50.